The largest absolute Gasteiger partial charge is 0.459 e. The summed E-state index contributed by atoms with van der Waals surface area (Å²) in [4.78, 5) is 11.5. The van der Waals surface area contributed by atoms with Crippen molar-refractivity contribution in [3.63, 3.8) is 0 Å². The van der Waals surface area contributed by atoms with Gasteiger partial charge in [-0.05, 0) is 19.3 Å². The summed E-state index contributed by atoms with van der Waals surface area (Å²) in [6.45, 7) is 5.95. The van der Waals surface area contributed by atoms with Gasteiger partial charge in [0, 0.05) is 4.43 Å². The standard InChI is InChI=1S/C12H23INO2/c1-11(10-13)12(15)16-9-8-14(2)6-4-3-5-7-14/h11H,3-10H2,1-2H3/q+1. The molecule has 0 saturated carbocycles. The second-order valence-electron chi connectivity index (χ2n) is 5.07. The second-order valence-corrected chi connectivity index (χ2v) is 5.95. The SMILES string of the molecule is CC(CI)C(=O)OCC[N+]1(C)CCCCC1. The molecule has 0 aromatic carbocycles. The van der Waals surface area contributed by atoms with E-state index in [1.807, 2.05) is 6.92 Å². The van der Waals surface area contributed by atoms with Crippen LogP contribution in [0.1, 0.15) is 26.2 Å². The lowest BCUT2D eigenvalue weighted by Crippen LogP contribution is -2.50. The number of hydrogen-bond donors (Lipinski definition) is 0. The molecule has 0 aromatic heterocycles. The summed E-state index contributed by atoms with van der Waals surface area (Å²) in [6, 6.07) is 0. The first-order chi connectivity index (χ1) is 7.57. The molecule has 1 saturated heterocycles. The first-order valence-corrected chi connectivity index (χ1v) is 7.66. The molecule has 0 aromatic rings. The molecule has 1 rings (SSSR count). The van der Waals surface area contributed by atoms with Crippen LogP contribution in [-0.2, 0) is 9.53 Å². The topological polar surface area (TPSA) is 26.3 Å². The van der Waals surface area contributed by atoms with E-state index < -0.39 is 0 Å². The van der Waals surface area contributed by atoms with Gasteiger partial charge in [0.2, 0.25) is 0 Å². The zero-order valence-corrected chi connectivity index (χ0v) is 12.5. The minimum atomic E-state index is -0.0435. The van der Waals surface area contributed by atoms with Crippen LogP contribution in [0, 0.1) is 5.92 Å². The summed E-state index contributed by atoms with van der Waals surface area (Å²) in [6.07, 6.45) is 3.99. The molecule has 1 fully saturated rings. The minimum absolute atomic E-state index is 0.0345. The van der Waals surface area contributed by atoms with Gasteiger partial charge in [0.25, 0.3) is 0 Å². The zero-order valence-electron chi connectivity index (χ0n) is 10.4. The zero-order chi connectivity index (χ0) is 12.0. The first-order valence-electron chi connectivity index (χ1n) is 6.13. The Bertz CT molecular complexity index is 227. The van der Waals surface area contributed by atoms with Gasteiger partial charge in [-0.2, -0.15) is 0 Å². The number of esters is 1. The first kappa shape index (κ1) is 14.2. The maximum atomic E-state index is 11.5. The van der Waals surface area contributed by atoms with E-state index in [9.17, 15) is 4.79 Å². The number of quaternary nitrogens is 1. The lowest BCUT2D eigenvalue weighted by Gasteiger charge is -2.37. The monoisotopic (exact) mass is 340 g/mol. The van der Waals surface area contributed by atoms with Crippen molar-refractivity contribution in [3.8, 4) is 0 Å². The highest BCUT2D eigenvalue weighted by molar-refractivity contribution is 14.1. The molecular weight excluding hydrogens is 317 g/mol. The third-order valence-electron chi connectivity index (χ3n) is 3.41. The fourth-order valence-corrected chi connectivity index (χ4v) is 2.43. The van der Waals surface area contributed by atoms with Crippen LogP contribution in [0.4, 0.5) is 0 Å². The summed E-state index contributed by atoms with van der Waals surface area (Å²) in [5.41, 5.74) is 0. The number of hydrogen-bond acceptors (Lipinski definition) is 2. The minimum Gasteiger partial charge on any atom is -0.459 e. The molecule has 0 bridgehead atoms. The number of piperidine rings is 1. The van der Waals surface area contributed by atoms with Crippen molar-refractivity contribution in [1.29, 1.82) is 0 Å². The second kappa shape index (κ2) is 6.79. The highest BCUT2D eigenvalue weighted by atomic mass is 127. The van der Waals surface area contributed by atoms with Gasteiger partial charge in [0.15, 0.2) is 0 Å². The molecule has 1 heterocycles. The van der Waals surface area contributed by atoms with Crippen LogP contribution in [0.15, 0.2) is 0 Å². The Morgan fingerprint density at radius 3 is 2.56 bits per heavy atom. The molecule has 1 atom stereocenters. The fourth-order valence-electron chi connectivity index (χ4n) is 2.07. The van der Waals surface area contributed by atoms with Crippen LogP contribution in [0.3, 0.4) is 0 Å². The number of nitrogens with zero attached hydrogens (tertiary/aromatic N) is 1. The third-order valence-corrected chi connectivity index (χ3v) is 4.73. The van der Waals surface area contributed by atoms with Gasteiger partial charge >= 0.3 is 5.97 Å². The van der Waals surface area contributed by atoms with Crippen molar-refractivity contribution >= 4 is 28.6 Å². The molecule has 0 spiro atoms. The van der Waals surface area contributed by atoms with E-state index >= 15 is 0 Å². The van der Waals surface area contributed by atoms with Crippen molar-refractivity contribution < 1.29 is 14.0 Å². The van der Waals surface area contributed by atoms with Crippen molar-refractivity contribution in [2.45, 2.75) is 26.2 Å². The number of likely N-dealkylation sites (N-methyl/N-ethyl adjacent to an activating group) is 1. The molecular formula is C12H23INO2+. The van der Waals surface area contributed by atoms with Gasteiger partial charge < -0.3 is 9.22 Å². The smallest absolute Gasteiger partial charge is 0.309 e. The van der Waals surface area contributed by atoms with Gasteiger partial charge in [-0.3, -0.25) is 4.79 Å². The Labute approximate surface area is 112 Å². The molecule has 1 unspecified atom stereocenters. The summed E-state index contributed by atoms with van der Waals surface area (Å²) in [5.74, 6) is -0.00901. The Morgan fingerprint density at radius 2 is 2.00 bits per heavy atom. The number of rotatable bonds is 5. The average Bonchev–Trinajstić information content (AvgIpc) is 2.28. The van der Waals surface area contributed by atoms with Gasteiger partial charge in [-0.25, -0.2) is 0 Å². The molecule has 94 valence electrons. The third kappa shape index (κ3) is 4.57. The average molecular weight is 340 g/mol. The van der Waals surface area contributed by atoms with Crippen LogP contribution in [0.5, 0.6) is 0 Å². The molecule has 0 radical (unpaired) electrons. The van der Waals surface area contributed by atoms with E-state index in [4.69, 9.17) is 4.74 Å². The van der Waals surface area contributed by atoms with Crippen LogP contribution >= 0.6 is 22.6 Å². The van der Waals surface area contributed by atoms with Gasteiger partial charge in [0.05, 0.1) is 26.1 Å². The summed E-state index contributed by atoms with van der Waals surface area (Å²) < 4.78 is 7.21. The Morgan fingerprint density at radius 1 is 1.38 bits per heavy atom. The summed E-state index contributed by atoms with van der Waals surface area (Å²) in [5, 5.41) is 0. The van der Waals surface area contributed by atoms with Gasteiger partial charge in [-0.1, -0.05) is 29.5 Å². The van der Waals surface area contributed by atoms with Crippen LogP contribution in [0.2, 0.25) is 0 Å². The van der Waals surface area contributed by atoms with E-state index in [-0.39, 0.29) is 11.9 Å². The molecule has 1 aliphatic heterocycles. The number of carbonyl (C=O) groups excluding carboxylic acids is 1. The molecule has 3 nitrogen and oxygen atoms in total. The maximum absolute atomic E-state index is 11.5. The highest BCUT2D eigenvalue weighted by Crippen LogP contribution is 2.15. The molecule has 1 aliphatic rings. The number of halogens is 1. The summed E-state index contributed by atoms with van der Waals surface area (Å²) >= 11 is 2.22. The molecule has 16 heavy (non-hydrogen) atoms. The molecule has 0 amide bonds. The highest BCUT2D eigenvalue weighted by Gasteiger charge is 2.25. The predicted octanol–water partition coefficient (Wildman–Crippen LogP) is 2.23. The van der Waals surface area contributed by atoms with Crippen molar-refractivity contribution in [1.82, 2.24) is 0 Å². The van der Waals surface area contributed by atoms with E-state index in [1.165, 1.54) is 32.4 Å². The number of ether oxygens (including phenoxy) is 1. The molecule has 4 heteroatoms. The normalized spacial score (nSPS) is 21.4. The summed E-state index contributed by atoms with van der Waals surface area (Å²) in [7, 11) is 2.27. The van der Waals surface area contributed by atoms with Crippen LogP contribution in [0.25, 0.3) is 0 Å². The Hall–Kier alpha value is 0.160. The molecule has 0 aliphatic carbocycles. The van der Waals surface area contributed by atoms with E-state index in [1.54, 1.807) is 0 Å². The number of likely N-dealkylation sites (tertiary alicyclic amines) is 1. The quantitative estimate of drug-likeness (QED) is 0.332. The van der Waals surface area contributed by atoms with E-state index in [0.717, 1.165) is 15.5 Å². The van der Waals surface area contributed by atoms with Crippen LogP contribution < -0.4 is 0 Å². The van der Waals surface area contributed by atoms with Gasteiger partial charge in [-0.15, -0.1) is 0 Å². The lowest BCUT2D eigenvalue weighted by molar-refractivity contribution is -0.914. The van der Waals surface area contributed by atoms with Crippen molar-refractivity contribution in [2.24, 2.45) is 5.92 Å². The van der Waals surface area contributed by atoms with E-state index in [0.29, 0.717) is 6.61 Å². The number of alkyl halides is 1. The lowest BCUT2D eigenvalue weighted by atomic mass is 10.1. The Kier molecular flexibility index (Phi) is 6.03. The maximum Gasteiger partial charge on any atom is 0.309 e. The van der Waals surface area contributed by atoms with Crippen molar-refractivity contribution in [2.75, 3.05) is 37.7 Å². The van der Waals surface area contributed by atoms with Crippen LogP contribution in [-0.4, -0.2) is 48.2 Å². The molecule has 0 N–H and O–H groups in total. The van der Waals surface area contributed by atoms with Gasteiger partial charge in [0.1, 0.15) is 13.2 Å². The predicted molar refractivity (Wildman–Crippen MR) is 73.6 cm³/mol. The fraction of sp³-hybridized carbons (Fsp3) is 0.917. The van der Waals surface area contributed by atoms with E-state index in [2.05, 4.69) is 29.6 Å². The Balaban J connectivity index is 2.21. The number of carbonyl (C=O) groups is 1. The van der Waals surface area contributed by atoms with Crippen molar-refractivity contribution in [3.05, 3.63) is 0 Å².